The lowest BCUT2D eigenvalue weighted by Crippen LogP contribution is -2.45. The van der Waals surface area contributed by atoms with Crippen molar-refractivity contribution in [1.82, 2.24) is 0 Å². The molecule has 4 heteroatoms. The molecule has 20 heavy (non-hydrogen) atoms. The van der Waals surface area contributed by atoms with Crippen molar-refractivity contribution < 1.29 is 18.0 Å². The van der Waals surface area contributed by atoms with E-state index in [-0.39, 0.29) is 22.3 Å². The number of rotatable bonds is 0. The van der Waals surface area contributed by atoms with E-state index < -0.39 is 28.8 Å². The maximum Gasteiger partial charge on any atom is 0.194 e. The molecule has 0 heterocycles. The van der Waals surface area contributed by atoms with Gasteiger partial charge < -0.3 is 0 Å². The van der Waals surface area contributed by atoms with Crippen LogP contribution in [0.4, 0.5) is 13.2 Å². The van der Waals surface area contributed by atoms with Crippen molar-refractivity contribution in [3.05, 3.63) is 34.6 Å². The Balaban J connectivity index is 2.32. The number of carbonyl (C=O) groups excluding carboxylic acids is 1. The average molecular weight is 282 g/mol. The highest BCUT2D eigenvalue weighted by molar-refractivity contribution is 6.04. The summed E-state index contributed by atoms with van der Waals surface area (Å²) in [5.74, 6) is -4.59. The van der Waals surface area contributed by atoms with Crippen LogP contribution in [-0.4, -0.2) is 5.78 Å². The Kier molecular flexibility index (Phi) is 2.64. The fourth-order valence-electron chi connectivity index (χ4n) is 4.48. The van der Waals surface area contributed by atoms with Gasteiger partial charge in [-0.05, 0) is 24.3 Å². The minimum absolute atomic E-state index is 0.0314. The lowest BCUT2D eigenvalue weighted by atomic mass is 9.56. The first-order valence-electron chi connectivity index (χ1n) is 6.92. The number of ketones is 1. The van der Waals surface area contributed by atoms with E-state index in [0.717, 1.165) is 18.9 Å². The molecule has 0 aliphatic heterocycles. The predicted molar refractivity (Wildman–Crippen MR) is 69.1 cm³/mol. The number of halogens is 3. The van der Waals surface area contributed by atoms with Crippen molar-refractivity contribution in [3.8, 4) is 0 Å². The Labute approximate surface area is 116 Å². The number of Topliss-reactive ketones (excluding diaryl/α,β-unsaturated/α-hetero) is 1. The SMILES string of the molecule is CC1(C)CCCC2(C)c3c(cc(F)c(F)c3F)C(=O)C12. The molecule has 0 saturated heterocycles. The summed E-state index contributed by atoms with van der Waals surface area (Å²) >= 11 is 0. The quantitative estimate of drug-likeness (QED) is 0.645. The van der Waals surface area contributed by atoms with Crippen molar-refractivity contribution in [3.63, 3.8) is 0 Å². The summed E-state index contributed by atoms with van der Waals surface area (Å²) in [6.07, 6.45) is 2.34. The van der Waals surface area contributed by atoms with Crippen molar-refractivity contribution in [2.45, 2.75) is 45.4 Å². The fourth-order valence-corrected chi connectivity index (χ4v) is 4.48. The van der Waals surface area contributed by atoms with Crippen LogP contribution in [0.15, 0.2) is 6.07 Å². The van der Waals surface area contributed by atoms with Gasteiger partial charge in [0, 0.05) is 22.5 Å². The minimum Gasteiger partial charge on any atom is -0.294 e. The number of hydrogen-bond donors (Lipinski definition) is 0. The molecule has 108 valence electrons. The Morgan fingerprint density at radius 1 is 1.10 bits per heavy atom. The van der Waals surface area contributed by atoms with Gasteiger partial charge in [-0.25, -0.2) is 13.2 Å². The second kappa shape index (κ2) is 3.86. The van der Waals surface area contributed by atoms with Crippen LogP contribution >= 0.6 is 0 Å². The van der Waals surface area contributed by atoms with E-state index in [4.69, 9.17) is 0 Å². The third-order valence-corrected chi connectivity index (χ3v) is 5.20. The largest absolute Gasteiger partial charge is 0.294 e. The van der Waals surface area contributed by atoms with E-state index in [0.29, 0.717) is 6.42 Å². The van der Waals surface area contributed by atoms with Crippen LogP contribution in [0, 0.1) is 28.8 Å². The van der Waals surface area contributed by atoms with Crippen molar-refractivity contribution >= 4 is 5.78 Å². The van der Waals surface area contributed by atoms with Crippen molar-refractivity contribution in [2.24, 2.45) is 11.3 Å². The molecular formula is C16H17F3O. The smallest absolute Gasteiger partial charge is 0.194 e. The Morgan fingerprint density at radius 3 is 2.40 bits per heavy atom. The van der Waals surface area contributed by atoms with Crippen molar-refractivity contribution in [2.75, 3.05) is 0 Å². The van der Waals surface area contributed by atoms with E-state index in [2.05, 4.69) is 0 Å². The summed E-state index contributed by atoms with van der Waals surface area (Å²) in [7, 11) is 0. The van der Waals surface area contributed by atoms with E-state index >= 15 is 0 Å². The molecule has 2 aliphatic carbocycles. The highest BCUT2D eigenvalue weighted by atomic mass is 19.2. The normalized spacial score (nSPS) is 31.1. The fraction of sp³-hybridized carbons (Fsp3) is 0.562. The highest BCUT2D eigenvalue weighted by Gasteiger charge is 2.58. The maximum absolute atomic E-state index is 14.2. The highest BCUT2D eigenvalue weighted by Crippen LogP contribution is 2.58. The van der Waals surface area contributed by atoms with Gasteiger partial charge in [0.2, 0.25) is 0 Å². The summed E-state index contributed by atoms with van der Waals surface area (Å²) in [5.41, 5.74) is -0.905. The van der Waals surface area contributed by atoms with Gasteiger partial charge in [-0.1, -0.05) is 27.2 Å². The van der Waals surface area contributed by atoms with Crippen LogP contribution in [0.25, 0.3) is 0 Å². The van der Waals surface area contributed by atoms with Gasteiger partial charge in [-0.2, -0.15) is 0 Å². The average Bonchev–Trinajstić information content (AvgIpc) is 2.55. The first-order chi connectivity index (χ1) is 9.20. The molecule has 1 nitrogen and oxygen atoms in total. The number of carbonyl (C=O) groups is 1. The topological polar surface area (TPSA) is 17.1 Å². The zero-order valence-electron chi connectivity index (χ0n) is 11.8. The van der Waals surface area contributed by atoms with Gasteiger partial charge in [-0.3, -0.25) is 4.79 Å². The summed E-state index contributed by atoms with van der Waals surface area (Å²) in [6.45, 7) is 5.76. The molecule has 0 amide bonds. The van der Waals surface area contributed by atoms with Crippen molar-refractivity contribution in [1.29, 1.82) is 0 Å². The first-order valence-corrected chi connectivity index (χ1v) is 6.92. The molecule has 1 saturated carbocycles. The zero-order chi connectivity index (χ0) is 14.9. The van der Waals surface area contributed by atoms with Gasteiger partial charge in [0.1, 0.15) is 0 Å². The van der Waals surface area contributed by atoms with E-state index in [1.165, 1.54) is 0 Å². The molecule has 2 aliphatic rings. The van der Waals surface area contributed by atoms with Crippen LogP contribution in [0.5, 0.6) is 0 Å². The molecule has 0 bridgehead atoms. The van der Waals surface area contributed by atoms with Crippen LogP contribution in [0.2, 0.25) is 0 Å². The molecule has 0 aromatic heterocycles. The van der Waals surface area contributed by atoms with E-state index in [9.17, 15) is 18.0 Å². The van der Waals surface area contributed by atoms with Gasteiger partial charge in [0.05, 0.1) is 0 Å². The third kappa shape index (κ3) is 1.48. The number of fused-ring (bicyclic) bond motifs is 3. The standard InChI is InChI=1S/C16H17F3O/c1-15(2)5-4-6-16(3)10-8(13(20)14(15)16)7-9(17)11(18)12(10)19/h7,14H,4-6H2,1-3H3. The van der Waals surface area contributed by atoms with Crippen LogP contribution in [0.1, 0.15) is 56.0 Å². The second-order valence-corrected chi connectivity index (χ2v) is 6.97. The molecule has 1 fully saturated rings. The van der Waals surface area contributed by atoms with Gasteiger partial charge in [-0.15, -0.1) is 0 Å². The Bertz CT molecular complexity index is 621. The number of benzene rings is 1. The lowest BCUT2D eigenvalue weighted by Gasteiger charge is -2.46. The number of hydrogen-bond acceptors (Lipinski definition) is 1. The molecule has 1 aromatic rings. The minimum atomic E-state index is -1.47. The molecule has 2 unspecified atom stereocenters. The van der Waals surface area contributed by atoms with Crippen LogP contribution < -0.4 is 0 Å². The second-order valence-electron chi connectivity index (χ2n) is 6.97. The summed E-state index contributed by atoms with van der Waals surface area (Å²) in [5, 5.41) is 0. The Hall–Kier alpha value is -1.32. The summed E-state index contributed by atoms with van der Waals surface area (Å²) < 4.78 is 41.2. The van der Waals surface area contributed by atoms with E-state index in [1.54, 1.807) is 0 Å². The van der Waals surface area contributed by atoms with E-state index in [1.807, 2.05) is 20.8 Å². The van der Waals surface area contributed by atoms with Crippen LogP contribution in [0.3, 0.4) is 0 Å². The first kappa shape index (κ1) is 13.7. The third-order valence-electron chi connectivity index (χ3n) is 5.20. The molecule has 0 spiro atoms. The molecule has 0 radical (unpaired) electrons. The van der Waals surface area contributed by atoms with Gasteiger partial charge >= 0.3 is 0 Å². The molecule has 2 atom stereocenters. The molecular weight excluding hydrogens is 265 g/mol. The van der Waals surface area contributed by atoms with Gasteiger partial charge in [0.25, 0.3) is 0 Å². The summed E-state index contributed by atoms with van der Waals surface area (Å²) in [4.78, 5) is 12.6. The monoisotopic (exact) mass is 282 g/mol. The molecule has 3 rings (SSSR count). The predicted octanol–water partition coefficient (Wildman–Crippen LogP) is 4.38. The van der Waals surface area contributed by atoms with Crippen LogP contribution in [-0.2, 0) is 5.41 Å². The summed E-state index contributed by atoms with van der Waals surface area (Å²) in [6, 6.07) is 0.871. The molecule has 0 N–H and O–H groups in total. The van der Waals surface area contributed by atoms with Gasteiger partial charge in [0.15, 0.2) is 23.2 Å². The molecule has 1 aromatic carbocycles. The Morgan fingerprint density at radius 2 is 1.75 bits per heavy atom. The lowest BCUT2D eigenvalue weighted by molar-refractivity contribution is 0.0493. The zero-order valence-corrected chi connectivity index (χ0v) is 11.8. The maximum atomic E-state index is 14.2.